The summed E-state index contributed by atoms with van der Waals surface area (Å²) in [6.45, 7) is -0.999. The Balaban J connectivity index is 1.81. The summed E-state index contributed by atoms with van der Waals surface area (Å²) in [4.78, 5) is 18.8. The van der Waals surface area contributed by atoms with Crippen LogP contribution in [0.1, 0.15) is 11.3 Å². The molecule has 0 bridgehead atoms. The monoisotopic (exact) mass is 386 g/mol. The second-order valence-electron chi connectivity index (χ2n) is 5.56. The van der Waals surface area contributed by atoms with E-state index in [1.807, 2.05) is 42.6 Å². The second kappa shape index (κ2) is 8.55. The summed E-state index contributed by atoms with van der Waals surface area (Å²) in [6, 6.07) is 15.3. The quantitative estimate of drug-likeness (QED) is 0.531. The predicted octanol–water partition coefficient (Wildman–Crippen LogP) is 5.43. The number of alkyl halides is 2. The lowest BCUT2D eigenvalue weighted by Crippen LogP contribution is -2.23. The molecule has 0 unspecified atom stereocenters. The highest BCUT2D eigenvalue weighted by Gasteiger charge is 2.18. The summed E-state index contributed by atoms with van der Waals surface area (Å²) in [5, 5.41) is 2.46. The fourth-order valence-electron chi connectivity index (χ4n) is 2.36. The van der Waals surface area contributed by atoms with Gasteiger partial charge in [-0.2, -0.15) is 8.78 Å². The van der Waals surface area contributed by atoms with E-state index in [1.54, 1.807) is 18.2 Å². The van der Waals surface area contributed by atoms with Gasteiger partial charge in [-0.25, -0.2) is 4.98 Å². The first-order valence-electron chi connectivity index (χ1n) is 8.07. The van der Waals surface area contributed by atoms with Crippen LogP contribution < -0.4 is 9.64 Å². The fourth-order valence-corrected chi connectivity index (χ4v) is 3.18. The zero-order valence-electron chi connectivity index (χ0n) is 14.4. The Labute approximate surface area is 159 Å². The molecule has 0 atom stereocenters. The largest absolute Gasteiger partial charge is 0.435 e. The minimum atomic E-state index is -2.87. The Kier molecular flexibility index (Phi) is 5.93. The number of benzene rings is 2. The van der Waals surface area contributed by atoms with Crippen LogP contribution in [0.5, 0.6) is 5.75 Å². The number of para-hydroxylation sites is 1. The van der Waals surface area contributed by atoms with Crippen LogP contribution in [0, 0.1) is 6.92 Å². The lowest BCUT2D eigenvalue weighted by atomic mass is 10.2. The van der Waals surface area contributed by atoms with Gasteiger partial charge in [-0.05, 0) is 42.8 Å². The van der Waals surface area contributed by atoms with Crippen molar-refractivity contribution in [2.24, 2.45) is 0 Å². The lowest BCUT2D eigenvalue weighted by molar-refractivity contribution is -0.113. The van der Waals surface area contributed by atoms with E-state index in [2.05, 4.69) is 9.72 Å². The normalized spacial score (nSPS) is 11.1. The van der Waals surface area contributed by atoms with Crippen molar-refractivity contribution in [3.8, 4) is 5.75 Å². The molecular formula is C20H16F2N2O2S. The van der Waals surface area contributed by atoms with Crippen LogP contribution in [0.2, 0.25) is 0 Å². The van der Waals surface area contributed by atoms with Crippen LogP contribution in [-0.2, 0) is 4.79 Å². The highest BCUT2D eigenvalue weighted by Crippen LogP contribution is 2.29. The number of ether oxygens (including phenoxy) is 1. The smallest absolute Gasteiger partial charge is 0.387 e. The Morgan fingerprint density at radius 1 is 1.15 bits per heavy atom. The molecular weight excluding hydrogens is 370 g/mol. The van der Waals surface area contributed by atoms with E-state index >= 15 is 0 Å². The third-order valence-corrected chi connectivity index (χ3v) is 4.50. The highest BCUT2D eigenvalue weighted by atomic mass is 32.1. The van der Waals surface area contributed by atoms with Gasteiger partial charge >= 0.3 is 6.61 Å². The number of hydrogen-bond donors (Lipinski definition) is 0. The average Bonchev–Trinajstić information content (AvgIpc) is 3.07. The Bertz CT molecular complexity index is 925. The molecule has 2 aromatic carbocycles. The van der Waals surface area contributed by atoms with Crippen LogP contribution >= 0.6 is 11.3 Å². The molecule has 0 saturated heterocycles. The number of hydrogen-bond acceptors (Lipinski definition) is 4. The van der Waals surface area contributed by atoms with E-state index in [0.29, 0.717) is 16.4 Å². The highest BCUT2D eigenvalue weighted by molar-refractivity contribution is 7.14. The number of carbonyl (C=O) groups excluding carboxylic acids is 1. The van der Waals surface area contributed by atoms with Crippen LogP contribution in [0.25, 0.3) is 6.08 Å². The number of aromatic nitrogens is 1. The zero-order chi connectivity index (χ0) is 19.2. The van der Waals surface area contributed by atoms with Gasteiger partial charge in [-0.15, -0.1) is 11.3 Å². The van der Waals surface area contributed by atoms with Crippen molar-refractivity contribution in [1.29, 1.82) is 0 Å². The SMILES string of the molecule is Cc1csc(N(C(=O)C=Cc2ccc(OC(F)F)cc2)c2ccccc2)n1. The molecule has 138 valence electrons. The summed E-state index contributed by atoms with van der Waals surface area (Å²) in [5.41, 5.74) is 2.23. The summed E-state index contributed by atoms with van der Waals surface area (Å²) >= 11 is 1.38. The van der Waals surface area contributed by atoms with Crippen LogP contribution in [-0.4, -0.2) is 17.5 Å². The summed E-state index contributed by atoms with van der Waals surface area (Å²) in [6.07, 6.45) is 3.04. The van der Waals surface area contributed by atoms with Crippen LogP contribution in [0.4, 0.5) is 19.6 Å². The molecule has 0 N–H and O–H groups in total. The minimum Gasteiger partial charge on any atom is -0.435 e. The molecule has 0 radical (unpaired) electrons. The van der Waals surface area contributed by atoms with E-state index in [0.717, 1.165) is 5.69 Å². The average molecular weight is 386 g/mol. The summed E-state index contributed by atoms with van der Waals surface area (Å²) < 4.78 is 28.7. The predicted molar refractivity (Wildman–Crippen MR) is 103 cm³/mol. The maximum absolute atomic E-state index is 12.8. The number of carbonyl (C=O) groups is 1. The van der Waals surface area contributed by atoms with Gasteiger partial charge in [-0.1, -0.05) is 30.3 Å². The van der Waals surface area contributed by atoms with Gasteiger partial charge in [0.15, 0.2) is 5.13 Å². The van der Waals surface area contributed by atoms with Gasteiger partial charge < -0.3 is 4.74 Å². The summed E-state index contributed by atoms with van der Waals surface area (Å²) in [5.74, 6) is -0.193. The molecule has 4 nitrogen and oxygen atoms in total. The summed E-state index contributed by atoms with van der Waals surface area (Å²) in [7, 11) is 0. The number of rotatable bonds is 6. The molecule has 3 aromatic rings. The van der Waals surface area contributed by atoms with E-state index in [1.165, 1.54) is 34.4 Å². The van der Waals surface area contributed by atoms with Crippen molar-refractivity contribution in [2.45, 2.75) is 13.5 Å². The Hall–Kier alpha value is -3.06. The van der Waals surface area contributed by atoms with E-state index in [-0.39, 0.29) is 11.7 Å². The fraction of sp³-hybridized carbons (Fsp3) is 0.100. The standard InChI is InChI=1S/C20H16F2N2O2S/c1-14-13-27-20(23-14)24(16-5-3-2-4-6-16)18(25)12-9-15-7-10-17(11-8-15)26-19(21)22/h2-13,19H,1H3. The van der Waals surface area contributed by atoms with Gasteiger partial charge in [-0.3, -0.25) is 9.69 Å². The van der Waals surface area contributed by atoms with Gasteiger partial charge in [0, 0.05) is 11.5 Å². The van der Waals surface area contributed by atoms with Crippen LogP contribution in [0.3, 0.4) is 0 Å². The van der Waals surface area contributed by atoms with Crippen molar-refractivity contribution in [1.82, 2.24) is 4.98 Å². The topological polar surface area (TPSA) is 42.4 Å². The maximum atomic E-state index is 12.8. The van der Waals surface area contributed by atoms with Crippen molar-refractivity contribution in [3.63, 3.8) is 0 Å². The molecule has 0 aliphatic heterocycles. The maximum Gasteiger partial charge on any atom is 0.387 e. The van der Waals surface area contributed by atoms with Crippen molar-refractivity contribution in [3.05, 3.63) is 77.3 Å². The molecule has 3 rings (SSSR count). The molecule has 1 aromatic heterocycles. The molecule has 0 saturated carbocycles. The van der Waals surface area contributed by atoms with Gasteiger partial charge in [0.2, 0.25) is 0 Å². The molecule has 1 amide bonds. The van der Waals surface area contributed by atoms with Gasteiger partial charge in [0.05, 0.1) is 11.4 Å². The molecule has 1 heterocycles. The van der Waals surface area contributed by atoms with E-state index in [4.69, 9.17) is 0 Å². The Morgan fingerprint density at radius 2 is 1.85 bits per heavy atom. The first-order chi connectivity index (χ1) is 13.0. The molecule has 0 aliphatic carbocycles. The number of anilines is 2. The second-order valence-corrected chi connectivity index (χ2v) is 6.40. The molecule has 0 fully saturated rings. The van der Waals surface area contributed by atoms with Crippen molar-refractivity contribution in [2.75, 3.05) is 4.90 Å². The first-order valence-corrected chi connectivity index (χ1v) is 8.95. The van der Waals surface area contributed by atoms with Crippen LogP contribution in [0.15, 0.2) is 66.1 Å². The van der Waals surface area contributed by atoms with E-state index < -0.39 is 6.61 Å². The lowest BCUT2D eigenvalue weighted by Gasteiger charge is -2.18. The molecule has 0 spiro atoms. The number of nitrogens with zero attached hydrogens (tertiary/aromatic N) is 2. The molecule has 0 aliphatic rings. The third kappa shape index (κ3) is 4.98. The van der Waals surface area contributed by atoms with Gasteiger partial charge in [0.25, 0.3) is 5.91 Å². The minimum absolute atomic E-state index is 0.0673. The zero-order valence-corrected chi connectivity index (χ0v) is 15.2. The number of halogens is 2. The van der Waals surface area contributed by atoms with E-state index in [9.17, 15) is 13.6 Å². The van der Waals surface area contributed by atoms with Crippen molar-refractivity contribution < 1.29 is 18.3 Å². The third-order valence-electron chi connectivity index (χ3n) is 3.56. The van der Waals surface area contributed by atoms with Crippen molar-refractivity contribution >= 4 is 34.1 Å². The number of aryl methyl sites for hydroxylation is 1. The van der Waals surface area contributed by atoms with Gasteiger partial charge in [0.1, 0.15) is 5.75 Å². The number of amides is 1. The molecule has 27 heavy (non-hydrogen) atoms. The number of thiazole rings is 1. The first kappa shape index (κ1) is 18.7. The molecule has 7 heteroatoms. The Morgan fingerprint density at radius 3 is 2.44 bits per heavy atom.